The van der Waals surface area contributed by atoms with E-state index in [2.05, 4.69) is 29.5 Å². The van der Waals surface area contributed by atoms with Crippen LogP contribution < -0.4 is 4.90 Å². The molecule has 3 heteroatoms. The van der Waals surface area contributed by atoms with E-state index >= 15 is 0 Å². The van der Waals surface area contributed by atoms with Crippen molar-refractivity contribution in [3.63, 3.8) is 0 Å². The van der Waals surface area contributed by atoms with E-state index in [1.807, 2.05) is 6.92 Å². The van der Waals surface area contributed by atoms with Crippen molar-refractivity contribution in [3.8, 4) is 6.07 Å². The van der Waals surface area contributed by atoms with E-state index in [0.29, 0.717) is 5.56 Å². The fourth-order valence-corrected chi connectivity index (χ4v) is 1.43. The smallest absolute Gasteiger partial charge is 0.101 e. The second kappa shape index (κ2) is 5.16. The summed E-state index contributed by atoms with van der Waals surface area (Å²) in [7, 11) is 0. The topological polar surface area (TPSA) is 39.9 Å². The minimum absolute atomic E-state index is 0.660. The first-order chi connectivity index (χ1) is 7.19. The van der Waals surface area contributed by atoms with Crippen molar-refractivity contribution in [2.75, 3.05) is 18.0 Å². The third-order valence-corrected chi connectivity index (χ3v) is 2.10. The normalized spacial score (nSPS) is 9.40. The van der Waals surface area contributed by atoms with Crippen LogP contribution in [0.25, 0.3) is 0 Å². The highest BCUT2D eigenvalue weighted by molar-refractivity contribution is 5.58. The zero-order chi connectivity index (χ0) is 11.3. The summed E-state index contributed by atoms with van der Waals surface area (Å²) in [4.78, 5) is 6.14. The summed E-state index contributed by atoms with van der Waals surface area (Å²) in [5, 5.41) is 8.97. The predicted octanol–water partition coefficient (Wildman–Crippen LogP) is 2.36. The zero-order valence-corrected chi connectivity index (χ0v) is 9.20. The molecule has 1 heterocycles. The lowest BCUT2D eigenvalue weighted by atomic mass is 10.2. The number of hydrogen-bond acceptors (Lipinski definition) is 3. The lowest BCUT2D eigenvalue weighted by molar-refractivity contribution is 0.874. The molecule has 0 saturated carbocycles. The van der Waals surface area contributed by atoms with Gasteiger partial charge in [0.1, 0.15) is 6.07 Å². The Morgan fingerprint density at radius 3 is 2.93 bits per heavy atom. The molecule has 0 aliphatic heterocycles. The maximum atomic E-state index is 8.97. The van der Waals surface area contributed by atoms with Gasteiger partial charge in [-0.25, -0.2) is 0 Å². The van der Waals surface area contributed by atoms with Gasteiger partial charge in [-0.3, -0.25) is 4.98 Å². The second-order valence-corrected chi connectivity index (χ2v) is 3.48. The largest absolute Gasteiger partial charge is 0.366 e. The molecule has 0 radical (unpaired) electrons. The van der Waals surface area contributed by atoms with Crippen LogP contribution in [0.5, 0.6) is 0 Å². The maximum Gasteiger partial charge on any atom is 0.101 e. The Hall–Kier alpha value is -1.82. The van der Waals surface area contributed by atoms with Gasteiger partial charge in [0.2, 0.25) is 0 Å². The highest BCUT2D eigenvalue weighted by Gasteiger charge is 2.09. The molecule has 78 valence electrons. The van der Waals surface area contributed by atoms with Crippen molar-refractivity contribution < 1.29 is 0 Å². The lowest BCUT2D eigenvalue weighted by Gasteiger charge is -2.23. The molecule has 0 atom stereocenters. The van der Waals surface area contributed by atoms with Gasteiger partial charge < -0.3 is 4.90 Å². The SMILES string of the molecule is C=C(C)CN(CC)c1cnccc1C#N. The fraction of sp³-hybridized carbons (Fsp3) is 0.333. The molecule has 0 amide bonds. The van der Waals surface area contributed by atoms with Crippen LogP contribution in [-0.2, 0) is 0 Å². The van der Waals surface area contributed by atoms with Crippen molar-refractivity contribution >= 4 is 5.69 Å². The number of pyridine rings is 1. The van der Waals surface area contributed by atoms with E-state index < -0.39 is 0 Å². The highest BCUT2D eigenvalue weighted by Crippen LogP contribution is 2.18. The maximum absolute atomic E-state index is 8.97. The van der Waals surface area contributed by atoms with E-state index in [-0.39, 0.29) is 0 Å². The number of anilines is 1. The number of likely N-dealkylation sites (N-methyl/N-ethyl adjacent to an activating group) is 1. The van der Waals surface area contributed by atoms with Crippen molar-refractivity contribution in [1.29, 1.82) is 5.26 Å². The number of aromatic nitrogens is 1. The molecule has 0 unspecified atom stereocenters. The van der Waals surface area contributed by atoms with Gasteiger partial charge >= 0.3 is 0 Å². The quantitative estimate of drug-likeness (QED) is 0.702. The molecule has 1 aromatic rings. The molecule has 0 aliphatic rings. The van der Waals surface area contributed by atoms with E-state index in [4.69, 9.17) is 5.26 Å². The van der Waals surface area contributed by atoms with Gasteiger partial charge in [0.05, 0.1) is 17.4 Å². The molecule has 0 aliphatic carbocycles. The molecule has 0 aromatic carbocycles. The van der Waals surface area contributed by atoms with Crippen molar-refractivity contribution in [2.24, 2.45) is 0 Å². The van der Waals surface area contributed by atoms with Crippen LogP contribution in [0.15, 0.2) is 30.6 Å². The van der Waals surface area contributed by atoms with Crippen LogP contribution in [0.3, 0.4) is 0 Å². The number of hydrogen-bond donors (Lipinski definition) is 0. The Balaban J connectivity index is 3.01. The summed E-state index contributed by atoms with van der Waals surface area (Å²) >= 11 is 0. The van der Waals surface area contributed by atoms with Crippen molar-refractivity contribution in [3.05, 3.63) is 36.2 Å². The van der Waals surface area contributed by atoms with E-state index in [0.717, 1.165) is 24.4 Å². The molecule has 0 bridgehead atoms. The van der Waals surface area contributed by atoms with Crippen molar-refractivity contribution in [1.82, 2.24) is 4.98 Å². The van der Waals surface area contributed by atoms with Gasteiger partial charge in [-0.2, -0.15) is 5.26 Å². The van der Waals surface area contributed by atoms with Crippen LogP contribution in [-0.4, -0.2) is 18.1 Å². The van der Waals surface area contributed by atoms with Gasteiger partial charge in [-0.15, -0.1) is 0 Å². The van der Waals surface area contributed by atoms with Crippen LogP contribution in [0.2, 0.25) is 0 Å². The van der Waals surface area contributed by atoms with Crippen LogP contribution >= 0.6 is 0 Å². The van der Waals surface area contributed by atoms with Gasteiger partial charge in [0.25, 0.3) is 0 Å². The summed E-state index contributed by atoms with van der Waals surface area (Å²) in [6, 6.07) is 3.90. The summed E-state index contributed by atoms with van der Waals surface area (Å²) in [5.41, 5.74) is 2.61. The monoisotopic (exact) mass is 201 g/mol. The van der Waals surface area contributed by atoms with Gasteiger partial charge in [-0.1, -0.05) is 12.2 Å². The molecular formula is C12H15N3. The predicted molar refractivity (Wildman–Crippen MR) is 61.7 cm³/mol. The zero-order valence-electron chi connectivity index (χ0n) is 9.20. The van der Waals surface area contributed by atoms with Crippen LogP contribution in [0, 0.1) is 11.3 Å². The molecule has 3 nitrogen and oxygen atoms in total. The number of nitriles is 1. The Labute approximate surface area is 90.7 Å². The first kappa shape index (κ1) is 11.3. The summed E-state index contributed by atoms with van der Waals surface area (Å²) < 4.78 is 0. The Morgan fingerprint density at radius 2 is 2.40 bits per heavy atom. The average molecular weight is 201 g/mol. The molecular weight excluding hydrogens is 186 g/mol. The molecule has 1 rings (SSSR count). The standard InChI is InChI=1S/C12H15N3/c1-4-15(9-10(2)3)12-8-14-6-5-11(12)7-13/h5-6,8H,2,4,9H2,1,3H3. The molecule has 0 saturated heterocycles. The summed E-state index contributed by atoms with van der Waals surface area (Å²) in [6.45, 7) is 9.51. The van der Waals surface area contributed by atoms with Gasteiger partial charge in [-0.05, 0) is 19.9 Å². The Morgan fingerprint density at radius 1 is 1.67 bits per heavy atom. The van der Waals surface area contributed by atoms with Gasteiger partial charge in [0, 0.05) is 19.3 Å². The first-order valence-electron chi connectivity index (χ1n) is 4.92. The number of nitrogens with zero attached hydrogens (tertiary/aromatic N) is 3. The van der Waals surface area contributed by atoms with Gasteiger partial charge in [0.15, 0.2) is 0 Å². The minimum atomic E-state index is 0.660. The van der Waals surface area contributed by atoms with Crippen LogP contribution in [0.1, 0.15) is 19.4 Å². The molecule has 0 spiro atoms. The highest BCUT2D eigenvalue weighted by atomic mass is 15.1. The summed E-state index contributed by atoms with van der Waals surface area (Å²) in [5.74, 6) is 0. The first-order valence-corrected chi connectivity index (χ1v) is 4.92. The average Bonchev–Trinajstić information content (AvgIpc) is 2.25. The van der Waals surface area contributed by atoms with E-state index in [1.54, 1.807) is 18.5 Å². The van der Waals surface area contributed by atoms with Crippen LogP contribution in [0.4, 0.5) is 5.69 Å². The van der Waals surface area contributed by atoms with Crippen molar-refractivity contribution in [2.45, 2.75) is 13.8 Å². The molecule has 0 N–H and O–H groups in total. The molecule has 0 fully saturated rings. The third kappa shape index (κ3) is 2.81. The second-order valence-electron chi connectivity index (χ2n) is 3.48. The van der Waals surface area contributed by atoms with E-state index in [1.165, 1.54) is 0 Å². The Kier molecular flexibility index (Phi) is 3.87. The summed E-state index contributed by atoms with van der Waals surface area (Å²) in [6.07, 6.45) is 3.36. The van der Waals surface area contributed by atoms with E-state index in [9.17, 15) is 0 Å². The fourth-order valence-electron chi connectivity index (χ4n) is 1.43. The Bertz CT molecular complexity index is 390. The minimum Gasteiger partial charge on any atom is -0.366 e. The number of rotatable bonds is 4. The third-order valence-electron chi connectivity index (χ3n) is 2.10. The lowest BCUT2D eigenvalue weighted by Crippen LogP contribution is -2.25. The molecule has 1 aromatic heterocycles. The molecule has 15 heavy (non-hydrogen) atoms.